The minimum Gasteiger partial charge on any atom is -0.455 e. The molecule has 2 fully saturated rings. The Morgan fingerprint density at radius 3 is 2.50 bits per heavy atom. The predicted molar refractivity (Wildman–Crippen MR) is 140 cm³/mol. The number of carbonyl (C=O) groups is 1. The largest absolute Gasteiger partial charge is 0.455 e. The fraction of sp³-hybridized carbons (Fsp3) is 0.452. The van der Waals surface area contributed by atoms with Gasteiger partial charge in [-0.25, -0.2) is 4.39 Å². The number of carbonyl (C=O) groups excluding carboxylic acids is 1. The quantitative estimate of drug-likeness (QED) is 0.360. The van der Waals surface area contributed by atoms with Gasteiger partial charge in [-0.3, -0.25) is 9.69 Å². The van der Waals surface area contributed by atoms with E-state index in [0.29, 0.717) is 25.4 Å². The Bertz CT molecular complexity index is 1230. The first kappa shape index (κ1) is 24.8. The number of rotatable bonds is 7. The molecule has 5 rings (SSSR count). The van der Waals surface area contributed by atoms with Crippen LogP contribution in [0.15, 0.2) is 65.1 Å². The standard InChI is InChI=1S/C31H37FN2O2/c1-22-8-10-23(11-9-22)17-33(18-24-6-5-7-25(32)14-24)19-27-12-13-28(36-27)29(35)34-21-31(4)16-26(34)15-30(2,3)20-31/h5-14,26H,15-21H2,1-4H3. The summed E-state index contributed by atoms with van der Waals surface area (Å²) in [6, 6.07) is 19.2. The second-order valence-electron chi connectivity index (χ2n) is 12.2. The van der Waals surface area contributed by atoms with Crippen molar-refractivity contribution in [2.75, 3.05) is 6.54 Å². The van der Waals surface area contributed by atoms with Crippen LogP contribution in [0.1, 0.15) is 73.0 Å². The van der Waals surface area contributed by atoms with Crippen LogP contribution in [0.2, 0.25) is 0 Å². The Morgan fingerprint density at radius 1 is 1.00 bits per heavy atom. The molecule has 1 aliphatic heterocycles. The van der Waals surface area contributed by atoms with Gasteiger partial charge in [0.15, 0.2) is 5.76 Å². The Kier molecular flexibility index (Phi) is 6.54. The summed E-state index contributed by atoms with van der Waals surface area (Å²) < 4.78 is 20.0. The third kappa shape index (κ3) is 5.57. The molecule has 0 radical (unpaired) electrons. The highest BCUT2D eigenvalue weighted by atomic mass is 19.1. The van der Waals surface area contributed by atoms with Crippen LogP contribution < -0.4 is 0 Å². The summed E-state index contributed by atoms with van der Waals surface area (Å²) in [7, 11) is 0. The van der Waals surface area contributed by atoms with Crippen molar-refractivity contribution in [2.45, 2.75) is 72.6 Å². The molecule has 1 amide bonds. The number of hydrogen-bond acceptors (Lipinski definition) is 3. The van der Waals surface area contributed by atoms with Gasteiger partial charge in [0.2, 0.25) is 0 Å². The molecule has 1 aliphatic carbocycles. The van der Waals surface area contributed by atoms with Gasteiger partial charge in [-0.05, 0) is 72.4 Å². The molecule has 2 atom stereocenters. The molecule has 0 N–H and O–H groups in total. The van der Waals surface area contributed by atoms with Crippen molar-refractivity contribution in [3.8, 4) is 0 Å². The smallest absolute Gasteiger partial charge is 0.289 e. The predicted octanol–water partition coefficient (Wildman–Crippen LogP) is 6.97. The third-order valence-electron chi connectivity index (χ3n) is 7.75. The van der Waals surface area contributed by atoms with Crippen LogP contribution in [0.3, 0.4) is 0 Å². The molecular formula is C31H37FN2O2. The van der Waals surface area contributed by atoms with E-state index in [4.69, 9.17) is 4.42 Å². The van der Waals surface area contributed by atoms with Crippen molar-refractivity contribution in [1.82, 2.24) is 9.80 Å². The molecule has 2 bridgehead atoms. The van der Waals surface area contributed by atoms with Gasteiger partial charge in [-0.1, -0.05) is 62.7 Å². The van der Waals surface area contributed by atoms with E-state index in [-0.39, 0.29) is 28.6 Å². The van der Waals surface area contributed by atoms with Crippen LogP contribution in [0.5, 0.6) is 0 Å². The zero-order valence-corrected chi connectivity index (χ0v) is 21.9. The molecule has 1 saturated carbocycles. The van der Waals surface area contributed by atoms with E-state index in [1.165, 1.54) is 17.2 Å². The maximum absolute atomic E-state index is 13.8. The van der Waals surface area contributed by atoms with Crippen LogP contribution in [0, 0.1) is 23.6 Å². The number of nitrogens with zero attached hydrogens (tertiary/aromatic N) is 2. The summed E-state index contributed by atoms with van der Waals surface area (Å²) in [5, 5.41) is 0. The Hall–Kier alpha value is -2.92. The first-order valence-corrected chi connectivity index (χ1v) is 13.0. The maximum Gasteiger partial charge on any atom is 0.289 e. The molecule has 2 aromatic carbocycles. The van der Waals surface area contributed by atoms with Gasteiger partial charge in [-0.15, -0.1) is 0 Å². The lowest BCUT2D eigenvalue weighted by Crippen LogP contribution is -2.37. The average molecular weight is 489 g/mol. The van der Waals surface area contributed by atoms with Gasteiger partial charge >= 0.3 is 0 Å². The van der Waals surface area contributed by atoms with E-state index in [2.05, 4.69) is 56.9 Å². The molecule has 2 unspecified atom stereocenters. The summed E-state index contributed by atoms with van der Waals surface area (Å²) in [6.07, 6.45) is 3.27. The molecular weight excluding hydrogens is 451 g/mol. The number of fused-ring (bicyclic) bond motifs is 2. The summed E-state index contributed by atoms with van der Waals surface area (Å²) in [5.41, 5.74) is 3.75. The number of halogens is 1. The average Bonchev–Trinajstić information content (AvgIpc) is 3.35. The highest BCUT2D eigenvalue weighted by Crippen LogP contribution is 2.52. The summed E-state index contributed by atoms with van der Waals surface area (Å²) in [5.74, 6) is 0.930. The Labute approximate surface area is 214 Å². The molecule has 36 heavy (non-hydrogen) atoms. The SMILES string of the molecule is Cc1ccc(CN(Cc2cccc(F)c2)Cc2ccc(C(=O)N3CC4(C)CC3CC(C)(C)C4)o2)cc1. The molecule has 2 heterocycles. The lowest BCUT2D eigenvalue weighted by Gasteiger charge is -2.39. The second-order valence-corrected chi connectivity index (χ2v) is 12.2. The van der Waals surface area contributed by atoms with Crippen LogP contribution in [-0.4, -0.2) is 28.3 Å². The minimum atomic E-state index is -0.235. The lowest BCUT2D eigenvalue weighted by atomic mass is 9.65. The second kappa shape index (κ2) is 9.51. The number of amides is 1. The molecule has 0 spiro atoms. The van der Waals surface area contributed by atoms with Crippen molar-refractivity contribution >= 4 is 5.91 Å². The molecule has 3 aromatic rings. The van der Waals surface area contributed by atoms with Crippen molar-refractivity contribution in [3.63, 3.8) is 0 Å². The van der Waals surface area contributed by atoms with E-state index in [9.17, 15) is 9.18 Å². The summed E-state index contributed by atoms with van der Waals surface area (Å²) in [4.78, 5) is 17.7. The monoisotopic (exact) mass is 488 g/mol. The first-order chi connectivity index (χ1) is 17.1. The van der Waals surface area contributed by atoms with E-state index in [1.54, 1.807) is 12.1 Å². The molecule has 1 saturated heterocycles. The van der Waals surface area contributed by atoms with Crippen LogP contribution >= 0.6 is 0 Å². The van der Waals surface area contributed by atoms with Gasteiger partial charge in [-0.2, -0.15) is 0 Å². The van der Waals surface area contributed by atoms with Crippen molar-refractivity contribution in [1.29, 1.82) is 0 Å². The number of likely N-dealkylation sites (tertiary alicyclic amines) is 1. The van der Waals surface area contributed by atoms with Gasteiger partial charge in [0.1, 0.15) is 11.6 Å². The van der Waals surface area contributed by atoms with Gasteiger partial charge in [0.05, 0.1) is 6.54 Å². The van der Waals surface area contributed by atoms with E-state index in [0.717, 1.165) is 37.1 Å². The lowest BCUT2D eigenvalue weighted by molar-refractivity contribution is 0.0672. The van der Waals surface area contributed by atoms with Crippen LogP contribution in [-0.2, 0) is 19.6 Å². The van der Waals surface area contributed by atoms with E-state index < -0.39 is 0 Å². The number of benzene rings is 2. The third-order valence-corrected chi connectivity index (χ3v) is 7.75. The van der Waals surface area contributed by atoms with Gasteiger partial charge < -0.3 is 9.32 Å². The summed E-state index contributed by atoms with van der Waals surface area (Å²) in [6.45, 7) is 11.6. The molecule has 2 aliphatic rings. The first-order valence-electron chi connectivity index (χ1n) is 13.0. The highest BCUT2D eigenvalue weighted by Gasteiger charge is 2.51. The van der Waals surface area contributed by atoms with Crippen molar-refractivity contribution in [2.24, 2.45) is 10.8 Å². The Balaban J connectivity index is 1.32. The zero-order chi connectivity index (χ0) is 25.5. The van der Waals surface area contributed by atoms with Crippen molar-refractivity contribution < 1.29 is 13.6 Å². The van der Waals surface area contributed by atoms with Crippen LogP contribution in [0.4, 0.5) is 4.39 Å². The molecule has 4 nitrogen and oxygen atoms in total. The molecule has 5 heteroatoms. The normalized spacial score (nSPS) is 22.8. The fourth-order valence-corrected chi connectivity index (χ4v) is 6.65. The van der Waals surface area contributed by atoms with E-state index in [1.807, 2.05) is 23.1 Å². The maximum atomic E-state index is 13.8. The number of furan rings is 1. The van der Waals surface area contributed by atoms with Crippen molar-refractivity contribution in [3.05, 3.63) is 94.7 Å². The molecule has 190 valence electrons. The number of hydrogen-bond donors (Lipinski definition) is 0. The Morgan fingerprint density at radius 2 is 1.75 bits per heavy atom. The number of aryl methyl sites for hydroxylation is 1. The summed E-state index contributed by atoms with van der Waals surface area (Å²) >= 11 is 0. The topological polar surface area (TPSA) is 36.7 Å². The van der Waals surface area contributed by atoms with Crippen LogP contribution in [0.25, 0.3) is 0 Å². The van der Waals surface area contributed by atoms with E-state index >= 15 is 0 Å². The zero-order valence-electron chi connectivity index (χ0n) is 21.9. The minimum absolute atomic E-state index is 0.00268. The van der Waals surface area contributed by atoms with Gasteiger partial charge in [0, 0.05) is 25.7 Å². The van der Waals surface area contributed by atoms with Gasteiger partial charge in [0.25, 0.3) is 5.91 Å². The highest BCUT2D eigenvalue weighted by molar-refractivity contribution is 5.92. The molecule has 1 aromatic heterocycles. The fourth-order valence-electron chi connectivity index (χ4n) is 6.65.